The first-order chi connectivity index (χ1) is 5.83. The molecule has 0 aliphatic rings. The minimum absolute atomic E-state index is 0.0185. The lowest BCUT2D eigenvalue weighted by atomic mass is 10.2. The minimum atomic E-state index is 0.0185. The van der Waals surface area contributed by atoms with Crippen LogP contribution in [0.4, 0.5) is 0 Å². The van der Waals surface area contributed by atoms with Crippen LogP contribution < -0.4 is 5.73 Å². The van der Waals surface area contributed by atoms with Gasteiger partial charge in [0.15, 0.2) is 0 Å². The van der Waals surface area contributed by atoms with Crippen LogP contribution in [0, 0.1) is 11.8 Å². The first-order valence-corrected chi connectivity index (χ1v) is 4.83. The van der Waals surface area contributed by atoms with Gasteiger partial charge in [0, 0.05) is 11.6 Å². The maximum absolute atomic E-state index is 5.62. The van der Waals surface area contributed by atoms with E-state index in [1.807, 2.05) is 12.3 Å². The highest BCUT2D eigenvalue weighted by Gasteiger charge is 1.91. The number of nitrogens with two attached hydrogens (primary N) is 1. The van der Waals surface area contributed by atoms with Crippen LogP contribution in [-0.2, 0) is 6.42 Å². The van der Waals surface area contributed by atoms with E-state index in [9.17, 15) is 0 Å². The number of thiazole rings is 1. The van der Waals surface area contributed by atoms with Crippen LogP contribution in [0.25, 0.3) is 0 Å². The van der Waals surface area contributed by atoms with Crippen LogP contribution in [0.5, 0.6) is 0 Å². The fourth-order valence-corrected chi connectivity index (χ4v) is 1.26. The number of hydrogen-bond acceptors (Lipinski definition) is 3. The topological polar surface area (TPSA) is 38.9 Å². The van der Waals surface area contributed by atoms with Crippen molar-refractivity contribution in [2.24, 2.45) is 5.73 Å². The zero-order valence-electron chi connectivity index (χ0n) is 7.08. The molecule has 0 spiro atoms. The molecule has 0 amide bonds. The molecule has 0 fully saturated rings. The van der Waals surface area contributed by atoms with Crippen LogP contribution in [0.2, 0.25) is 0 Å². The molecule has 0 aromatic carbocycles. The van der Waals surface area contributed by atoms with E-state index in [1.54, 1.807) is 17.5 Å². The Bertz CT molecular complexity index is 268. The molecule has 12 heavy (non-hydrogen) atoms. The van der Waals surface area contributed by atoms with Crippen molar-refractivity contribution in [2.75, 3.05) is 0 Å². The van der Waals surface area contributed by atoms with Crippen LogP contribution in [0.1, 0.15) is 18.4 Å². The molecule has 1 unspecified atom stereocenters. The summed E-state index contributed by atoms with van der Waals surface area (Å²) in [6, 6.07) is 0.0185. The van der Waals surface area contributed by atoms with E-state index in [0.717, 1.165) is 17.8 Å². The monoisotopic (exact) mass is 180 g/mol. The molecule has 1 heterocycles. The molecule has 0 bridgehead atoms. The Morgan fingerprint density at radius 1 is 1.75 bits per heavy atom. The normalized spacial score (nSPS) is 11.8. The molecule has 1 atom stereocenters. The van der Waals surface area contributed by atoms with Crippen LogP contribution in [0.3, 0.4) is 0 Å². The van der Waals surface area contributed by atoms with Gasteiger partial charge in [-0.15, -0.1) is 11.3 Å². The molecule has 2 nitrogen and oxygen atoms in total. The molecule has 2 N–H and O–H groups in total. The Labute approximate surface area is 76.8 Å². The Hall–Kier alpha value is -0.850. The van der Waals surface area contributed by atoms with Gasteiger partial charge in [0.1, 0.15) is 5.01 Å². The van der Waals surface area contributed by atoms with Crippen molar-refractivity contribution >= 4 is 11.3 Å². The highest BCUT2D eigenvalue weighted by Crippen LogP contribution is 2.03. The van der Waals surface area contributed by atoms with Gasteiger partial charge in [-0.05, 0) is 6.42 Å². The molecule has 64 valence electrons. The summed E-state index contributed by atoms with van der Waals surface area (Å²) in [7, 11) is 0. The summed E-state index contributed by atoms with van der Waals surface area (Å²) in [5.41, 5.74) is 5.62. The molecule has 0 aliphatic heterocycles. The molecular weight excluding hydrogens is 168 g/mol. The third kappa shape index (κ3) is 3.04. The van der Waals surface area contributed by atoms with E-state index in [4.69, 9.17) is 5.73 Å². The molecule has 0 radical (unpaired) electrons. The first-order valence-electron chi connectivity index (χ1n) is 3.95. The Morgan fingerprint density at radius 2 is 2.58 bits per heavy atom. The molecular formula is C9H12N2S. The van der Waals surface area contributed by atoms with Gasteiger partial charge in [-0.3, -0.25) is 0 Å². The third-order valence-corrected chi connectivity index (χ3v) is 2.23. The van der Waals surface area contributed by atoms with Gasteiger partial charge in [-0.2, -0.15) is 0 Å². The number of nitrogens with zero attached hydrogens (tertiary/aromatic N) is 1. The summed E-state index contributed by atoms with van der Waals surface area (Å²) in [4.78, 5) is 4.11. The summed E-state index contributed by atoms with van der Waals surface area (Å²) in [5, 5.41) is 3.02. The summed E-state index contributed by atoms with van der Waals surface area (Å²) in [5.74, 6) is 5.98. The zero-order valence-corrected chi connectivity index (χ0v) is 7.90. The van der Waals surface area contributed by atoms with E-state index in [2.05, 4.69) is 16.8 Å². The third-order valence-electron chi connectivity index (χ3n) is 1.45. The predicted molar refractivity (Wildman–Crippen MR) is 51.9 cm³/mol. The standard InChI is InChI=1S/C9H12N2S/c1-2-8(10)4-3-5-9-11-6-7-12-9/h6-8H,2,5,10H2,1H3. The van der Waals surface area contributed by atoms with E-state index in [1.165, 1.54) is 0 Å². The summed E-state index contributed by atoms with van der Waals surface area (Å²) >= 11 is 1.63. The maximum Gasteiger partial charge on any atom is 0.104 e. The maximum atomic E-state index is 5.62. The molecule has 0 saturated heterocycles. The second-order valence-corrected chi connectivity index (χ2v) is 3.42. The van der Waals surface area contributed by atoms with E-state index in [0.29, 0.717) is 0 Å². The number of aromatic nitrogens is 1. The summed E-state index contributed by atoms with van der Waals surface area (Å²) < 4.78 is 0. The second-order valence-electron chi connectivity index (χ2n) is 2.44. The van der Waals surface area contributed by atoms with Crippen LogP contribution in [0.15, 0.2) is 11.6 Å². The van der Waals surface area contributed by atoms with Gasteiger partial charge in [0.2, 0.25) is 0 Å². The average Bonchev–Trinajstić information content (AvgIpc) is 2.57. The van der Waals surface area contributed by atoms with Crippen molar-refractivity contribution in [3.8, 4) is 11.8 Å². The first kappa shape index (κ1) is 9.24. The van der Waals surface area contributed by atoms with Gasteiger partial charge >= 0.3 is 0 Å². The van der Waals surface area contributed by atoms with Crippen LogP contribution >= 0.6 is 11.3 Å². The Morgan fingerprint density at radius 3 is 3.17 bits per heavy atom. The fourth-order valence-electron chi connectivity index (χ4n) is 0.700. The van der Waals surface area contributed by atoms with Crippen molar-refractivity contribution in [3.05, 3.63) is 16.6 Å². The quantitative estimate of drug-likeness (QED) is 0.699. The van der Waals surface area contributed by atoms with Gasteiger partial charge in [0.25, 0.3) is 0 Å². The highest BCUT2D eigenvalue weighted by molar-refractivity contribution is 7.09. The van der Waals surface area contributed by atoms with Crippen molar-refractivity contribution in [1.29, 1.82) is 0 Å². The SMILES string of the molecule is CCC(N)C#CCc1nccs1. The van der Waals surface area contributed by atoms with Gasteiger partial charge in [-0.1, -0.05) is 18.8 Å². The molecule has 1 aromatic rings. The van der Waals surface area contributed by atoms with Gasteiger partial charge in [-0.25, -0.2) is 4.98 Å². The predicted octanol–water partition coefficient (Wildman–Crippen LogP) is 1.43. The molecule has 3 heteroatoms. The molecule has 1 rings (SSSR count). The summed E-state index contributed by atoms with van der Waals surface area (Å²) in [6.07, 6.45) is 3.43. The van der Waals surface area contributed by atoms with Crippen molar-refractivity contribution in [1.82, 2.24) is 4.98 Å². The zero-order chi connectivity index (χ0) is 8.81. The minimum Gasteiger partial charge on any atom is -0.318 e. The lowest BCUT2D eigenvalue weighted by Crippen LogP contribution is -2.15. The summed E-state index contributed by atoms with van der Waals surface area (Å²) in [6.45, 7) is 2.03. The van der Waals surface area contributed by atoms with Crippen molar-refractivity contribution < 1.29 is 0 Å². The largest absolute Gasteiger partial charge is 0.318 e. The number of hydrogen-bond donors (Lipinski definition) is 1. The van der Waals surface area contributed by atoms with Crippen LogP contribution in [-0.4, -0.2) is 11.0 Å². The highest BCUT2D eigenvalue weighted by atomic mass is 32.1. The molecule has 1 aromatic heterocycles. The van der Waals surface area contributed by atoms with E-state index < -0.39 is 0 Å². The molecule has 0 saturated carbocycles. The van der Waals surface area contributed by atoms with Crippen molar-refractivity contribution in [2.45, 2.75) is 25.8 Å². The Balaban J connectivity index is 2.38. The lowest BCUT2D eigenvalue weighted by molar-refractivity contribution is 0.805. The van der Waals surface area contributed by atoms with Gasteiger partial charge < -0.3 is 5.73 Å². The molecule has 0 aliphatic carbocycles. The van der Waals surface area contributed by atoms with E-state index >= 15 is 0 Å². The second kappa shape index (κ2) is 4.91. The average molecular weight is 180 g/mol. The fraction of sp³-hybridized carbons (Fsp3) is 0.444. The van der Waals surface area contributed by atoms with Gasteiger partial charge in [0.05, 0.1) is 12.5 Å². The lowest BCUT2D eigenvalue weighted by Gasteiger charge is -1.94. The Kier molecular flexibility index (Phi) is 3.78. The van der Waals surface area contributed by atoms with Crippen molar-refractivity contribution in [3.63, 3.8) is 0 Å². The number of rotatable bonds is 2. The smallest absolute Gasteiger partial charge is 0.104 e. The van der Waals surface area contributed by atoms with E-state index in [-0.39, 0.29) is 6.04 Å².